The summed E-state index contributed by atoms with van der Waals surface area (Å²) < 4.78 is 7.91. The number of hydrogen-bond donors (Lipinski definition) is 2. The summed E-state index contributed by atoms with van der Waals surface area (Å²) in [5.41, 5.74) is 1.14. The third-order valence-corrected chi connectivity index (χ3v) is 4.74. The normalized spacial score (nSPS) is 15.0. The van der Waals surface area contributed by atoms with Crippen LogP contribution in [0.4, 0.5) is 0 Å². The molecule has 28 heavy (non-hydrogen) atoms. The molecule has 154 valence electrons. The number of hydrogen-bond acceptors (Lipinski definition) is 4. The van der Waals surface area contributed by atoms with E-state index >= 15 is 0 Å². The molecule has 1 fully saturated rings. The lowest BCUT2D eigenvalue weighted by atomic mass is 9.98. The van der Waals surface area contributed by atoms with Crippen molar-refractivity contribution in [2.24, 2.45) is 12.0 Å². The Morgan fingerprint density at radius 3 is 2.79 bits per heavy atom. The molecule has 0 unspecified atom stereocenters. The second kappa shape index (κ2) is 11.9. The van der Waals surface area contributed by atoms with Crippen LogP contribution in [0.2, 0.25) is 0 Å². The van der Waals surface area contributed by atoms with Gasteiger partial charge in [0.25, 0.3) is 0 Å². The van der Waals surface area contributed by atoms with E-state index in [1.807, 2.05) is 19.2 Å². The molecule has 2 N–H and O–H groups in total. The van der Waals surface area contributed by atoms with E-state index < -0.39 is 0 Å². The molecule has 2 aromatic rings. The van der Waals surface area contributed by atoms with Crippen molar-refractivity contribution in [2.45, 2.75) is 58.2 Å². The third kappa shape index (κ3) is 6.96. The minimum Gasteiger partial charge on any atom is -0.490 e. The van der Waals surface area contributed by atoms with Crippen LogP contribution in [-0.4, -0.2) is 33.4 Å². The SMILES string of the molecule is CCNC(=NCc1cccc(OC2CCCCC2)c1)NCc1ncnn1C.I. The van der Waals surface area contributed by atoms with Crippen molar-refractivity contribution in [2.75, 3.05) is 6.54 Å². The maximum Gasteiger partial charge on any atom is 0.191 e. The van der Waals surface area contributed by atoms with E-state index in [2.05, 4.69) is 44.8 Å². The lowest BCUT2D eigenvalue weighted by molar-refractivity contribution is 0.155. The van der Waals surface area contributed by atoms with Crippen LogP contribution in [0.1, 0.15) is 50.4 Å². The zero-order valence-electron chi connectivity index (χ0n) is 16.7. The fraction of sp³-hybridized carbons (Fsp3) is 0.550. The van der Waals surface area contributed by atoms with Crippen molar-refractivity contribution in [3.8, 4) is 5.75 Å². The standard InChI is InChI=1S/C20H30N6O.HI/c1-3-21-20(23-14-19-24-15-25-26(19)2)22-13-16-8-7-11-18(12-16)27-17-9-5-4-6-10-17;/h7-8,11-12,15,17H,3-6,9-10,13-14H2,1-2H3,(H2,21,22,23);1H. The Bertz CT molecular complexity index is 742. The highest BCUT2D eigenvalue weighted by molar-refractivity contribution is 14.0. The first kappa shape index (κ1) is 22.4. The van der Waals surface area contributed by atoms with Crippen LogP contribution in [-0.2, 0) is 20.1 Å². The summed E-state index contributed by atoms with van der Waals surface area (Å²) in [5, 5.41) is 10.6. The zero-order valence-corrected chi connectivity index (χ0v) is 19.1. The van der Waals surface area contributed by atoms with Crippen molar-refractivity contribution in [1.82, 2.24) is 25.4 Å². The molecule has 8 heteroatoms. The fourth-order valence-corrected chi connectivity index (χ4v) is 3.25. The highest BCUT2D eigenvalue weighted by Gasteiger charge is 2.14. The topological polar surface area (TPSA) is 76.4 Å². The smallest absolute Gasteiger partial charge is 0.191 e. The number of benzene rings is 1. The molecule has 0 atom stereocenters. The Hall–Kier alpha value is -1.84. The van der Waals surface area contributed by atoms with Crippen molar-refractivity contribution in [3.63, 3.8) is 0 Å². The lowest BCUT2D eigenvalue weighted by Crippen LogP contribution is -2.37. The number of guanidine groups is 1. The first-order valence-corrected chi connectivity index (χ1v) is 9.85. The van der Waals surface area contributed by atoms with Crippen molar-refractivity contribution in [3.05, 3.63) is 42.0 Å². The van der Waals surface area contributed by atoms with E-state index in [9.17, 15) is 0 Å². The zero-order chi connectivity index (χ0) is 18.9. The Morgan fingerprint density at radius 1 is 1.25 bits per heavy atom. The van der Waals surface area contributed by atoms with Crippen LogP contribution in [0.15, 0.2) is 35.6 Å². The molecule has 1 aromatic carbocycles. The molecule has 1 aliphatic carbocycles. The maximum atomic E-state index is 6.16. The minimum atomic E-state index is 0. The number of rotatable bonds is 7. The molecule has 3 rings (SSSR count). The van der Waals surface area contributed by atoms with Gasteiger partial charge in [-0.1, -0.05) is 18.6 Å². The van der Waals surface area contributed by atoms with E-state index in [0.717, 1.165) is 29.6 Å². The predicted molar refractivity (Wildman–Crippen MR) is 122 cm³/mol. The van der Waals surface area contributed by atoms with Crippen LogP contribution in [0, 0.1) is 0 Å². The summed E-state index contributed by atoms with van der Waals surface area (Å²) in [7, 11) is 1.88. The molecule has 1 aromatic heterocycles. The van der Waals surface area contributed by atoms with Gasteiger partial charge in [0.15, 0.2) is 5.96 Å². The largest absolute Gasteiger partial charge is 0.490 e. The quantitative estimate of drug-likeness (QED) is 0.348. The van der Waals surface area contributed by atoms with Gasteiger partial charge in [-0.05, 0) is 50.3 Å². The van der Waals surface area contributed by atoms with Gasteiger partial charge in [0.2, 0.25) is 0 Å². The van der Waals surface area contributed by atoms with Gasteiger partial charge >= 0.3 is 0 Å². The summed E-state index contributed by atoms with van der Waals surface area (Å²) in [6.07, 6.45) is 8.14. The molecule has 1 aliphatic rings. The van der Waals surface area contributed by atoms with Crippen LogP contribution < -0.4 is 15.4 Å². The van der Waals surface area contributed by atoms with Gasteiger partial charge in [0.1, 0.15) is 17.9 Å². The first-order chi connectivity index (χ1) is 13.2. The van der Waals surface area contributed by atoms with Crippen molar-refractivity contribution in [1.29, 1.82) is 0 Å². The summed E-state index contributed by atoms with van der Waals surface area (Å²) in [6.45, 7) is 4.02. The highest BCUT2D eigenvalue weighted by Crippen LogP contribution is 2.24. The van der Waals surface area contributed by atoms with Crippen LogP contribution in [0.3, 0.4) is 0 Å². The van der Waals surface area contributed by atoms with Crippen molar-refractivity contribution >= 4 is 29.9 Å². The van der Waals surface area contributed by atoms with E-state index in [0.29, 0.717) is 19.2 Å². The van der Waals surface area contributed by atoms with Gasteiger partial charge in [0, 0.05) is 13.6 Å². The fourth-order valence-electron chi connectivity index (χ4n) is 3.25. The van der Waals surface area contributed by atoms with Gasteiger partial charge < -0.3 is 15.4 Å². The second-order valence-electron chi connectivity index (χ2n) is 6.87. The number of nitrogens with one attached hydrogen (secondary N) is 2. The van der Waals surface area contributed by atoms with Crippen LogP contribution in [0.25, 0.3) is 0 Å². The Kier molecular flexibility index (Phi) is 9.52. The summed E-state index contributed by atoms with van der Waals surface area (Å²) in [6, 6.07) is 8.27. The van der Waals surface area contributed by atoms with E-state index in [1.54, 1.807) is 11.0 Å². The first-order valence-electron chi connectivity index (χ1n) is 9.85. The molecule has 7 nitrogen and oxygen atoms in total. The van der Waals surface area contributed by atoms with E-state index in [1.165, 1.54) is 32.1 Å². The molecule has 0 bridgehead atoms. The Balaban J connectivity index is 0.00000280. The number of aliphatic imine (C=N–C) groups is 1. The van der Waals surface area contributed by atoms with Crippen LogP contribution >= 0.6 is 24.0 Å². The van der Waals surface area contributed by atoms with Gasteiger partial charge in [-0.15, -0.1) is 24.0 Å². The number of aryl methyl sites for hydroxylation is 1. The third-order valence-electron chi connectivity index (χ3n) is 4.74. The average molecular weight is 498 g/mol. The number of aromatic nitrogens is 3. The lowest BCUT2D eigenvalue weighted by Gasteiger charge is -2.23. The highest BCUT2D eigenvalue weighted by atomic mass is 127. The Morgan fingerprint density at radius 2 is 2.07 bits per heavy atom. The number of halogens is 1. The van der Waals surface area contributed by atoms with Gasteiger partial charge in [-0.3, -0.25) is 4.68 Å². The number of nitrogens with zero attached hydrogens (tertiary/aromatic N) is 4. The Labute approximate surface area is 184 Å². The second-order valence-corrected chi connectivity index (χ2v) is 6.87. The molecule has 0 radical (unpaired) electrons. The minimum absolute atomic E-state index is 0. The monoisotopic (exact) mass is 498 g/mol. The summed E-state index contributed by atoms with van der Waals surface area (Å²) >= 11 is 0. The summed E-state index contributed by atoms with van der Waals surface area (Å²) in [4.78, 5) is 8.91. The molecular formula is C20H31IN6O. The molecule has 0 amide bonds. The van der Waals surface area contributed by atoms with Gasteiger partial charge in [-0.25, -0.2) is 9.98 Å². The van der Waals surface area contributed by atoms with E-state index in [-0.39, 0.29) is 24.0 Å². The molecule has 0 spiro atoms. The number of ether oxygens (including phenoxy) is 1. The summed E-state index contributed by atoms with van der Waals surface area (Å²) in [5.74, 6) is 2.58. The van der Waals surface area contributed by atoms with Gasteiger partial charge in [-0.2, -0.15) is 5.10 Å². The molecule has 0 saturated heterocycles. The molecule has 0 aliphatic heterocycles. The maximum absolute atomic E-state index is 6.16. The van der Waals surface area contributed by atoms with E-state index in [4.69, 9.17) is 4.74 Å². The average Bonchev–Trinajstić information content (AvgIpc) is 3.10. The predicted octanol–water partition coefficient (Wildman–Crippen LogP) is 3.40. The van der Waals surface area contributed by atoms with Gasteiger partial charge in [0.05, 0.1) is 19.2 Å². The van der Waals surface area contributed by atoms with Crippen molar-refractivity contribution < 1.29 is 4.74 Å². The van der Waals surface area contributed by atoms with Crippen LogP contribution in [0.5, 0.6) is 5.75 Å². The molecule has 1 heterocycles. The molecular weight excluding hydrogens is 467 g/mol. The molecule has 1 saturated carbocycles.